The van der Waals surface area contributed by atoms with Gasteiger partial charge in [-0.1, -0.05) is 0 Å². The van der Waals surface area contributed by atoms with Gasteiger partial charge in [0.15, 0.2) is 0 Å². The Morgan fingerprint density at radius 1 is 1.25 bits per heavy atom. The van der Waals surface area contributed by atoms with Crippen LogP contribution in [0, 0.1) is 5.41 Å². The lowest BCUT2D eigenvalue weighted by molar-refractivity contribution is 1.34. The van der Waals surface area contributed by atoms with Crippen molar-refractivity contribution >= 4 is 23.9 Å². The summed E-state index contributed by atoms with van der Waals surface area (Å²) in [4.78, 5) is 0. The van der Waals surface area contributed by atoms with E-state index in [2.05, 4.69) is 5.43 Å². The molecule has 0 aromatic heterocycles. The number of hydrogen-bond donors (Lipinski definition) is 4. The lowest BCUT2D eigenvalue weighted by Crippen LogP contribution is -2.11. The number of nitrogen functional groups attached to an aromatic ring is 2. The van der Waals surface area contributed by atoms with Gasteiger partial charge in [-0.25, -0.2) is 0 Å². The molecule has 0 fully saturated rings. The molecule has 6 N–H and O–H groups in total. The largest absolute Gasteiger partial charge is 0.384 e. The highest BCUT2D eigenvalue weighted by atomic mass is 35.5. The van der Waals surface area contributed by atoms with E-state index in [0.29, 0.717) is 5.56 Å². The van der Waals surface area contributed by atoms with E-state index >= 15 is 0 Å². The van der Waals surface area contributed by atoms with Crippen LogP contribution in [0.3, 0.4) is 0 Å². The molecule has 66 valence electrons. The van der Waals surface area contributed by atoms with E-state index in [-0.39, 0.29) is 18.2 Å². The van der Waals surface area contributed by atoms with Gasteiger partial charge in [0.05, 0.1) is 0 Å². The maximum Gasteiger partial charge on any atom is 0.122 e. The standard InChI is InChI=1S/C7H10N4.ClH/c8-7(9)5-1-3-6(11-10)4-2-5;/h1-4,11H,10H2,(H3,8,9);1H. The molecular formula is C7H11ClN4. The van der Waals surface area contributed by atoms with Gasteiger partial charge in [-0.3, -0.25) is 11.3 Å². The topological polar surface area (TPSA) is 87.9 Å². The third-order valence-corrected chi connectivity index (χ3v) is 1.36. The van der Waals surface area contributed by atoms with Gasteiger partial charge in [-0.15, -0.1) is 12.4 Å². The Morgan fingerprint density at radius 3 is 2.08 bits per heavy atom. The van der Waals surface area contributed by atoms with Crippen molar-refractivity contribution in [2.45, 2.75) is 0 Å². The van der Waals surface area contributed by atoms with Crippen molar-refractivity contribution in [3.8, 4) is 0 Å². The molecule has 4 nitrogen and oxygen atoms in total. The van der Waals surface area contributed by atoms with Gasteiger partial charge in [-0.2, -0.15) is 0 Å². The summed E-state index contributed by atoms with van der Waals surface area (Å²) in [6, 6.07) is 6.99. The van der Waals surface area contributed by atoms with Crippen molar-refractivity contribution in [3.63, 3.8) is 0 Å². The van der Waals surface area contributed by atoms with Gasteiger partial charge in [0.2, 0.25) is 0 Å². The predicted molar refractivity (Wildman–Crippen MR) is 52.5 cm³/mol. The molecule has 0 saturated heterocycles. The van der Waals surface area contributed by atoms with Crippen LogP contribution in [-0.4, -0.2) is 5.84 Å². The predicted octanol–water partition coefficient (Wildman–Crippen LogP) is 0.678. The first kappa shape index (κ1) is 10.7. The summed E-state index contributed by atoms with van der Waals surface area (Å²) in [6.07, 6.45) is 0. The average Bonchev–Trinajstić information content (AvgIpc) is 2.05. The van der Waals surface area contributed by atoms with Crippen LogP contribution in [0.2, 0.25) is 0 Å². The SMILES string of the molecule is Cl.N=C(N)c1ccc(NN)cc1. The molecule has 0 atom stereocenters. The molecule has 1 aromatic carbocycles. The van der Waals surface area contributed by atoms with Crippen LogP contribution in [-0.2, 0) is 0 Å². The van der Waals surface area contributed by atoms with Crippen LogP contribution in [0.25, 0.3) is 0 Å². The Bertz CT molecular complexity index is 257. The lowest BCUT2D eigenvalue weighted by atomic mass is 10.2. The van der Waals surface area contributed by atoms with Gasteiger partial charge in [0.25, 0.3) is 0 Å². The zero-order valence-corrected chi connectivity index (χ0v) is 7.19. The number of amidine groups is 1. The molecule has 0 saturated carbocycles. The number of benzene rings is 1. The summed E-state index contributed by atoms with van der Waals surface area (Å²) >= 11 is 0. The molecule has 0 radical (unpaired) electrons. The van der Waals surface area contributed by atoms with Crippen LogP contribution >= 0.6 is 12.4 Å². The summed E-state index contributed by atoms with van der Waals surface area (Å²) in [5.41, 5.74) is 9.22. The van der Waals surface area contributed by atoms with E-state index in [1.807, 2.05) is 0 Å². The minimum absolute atomic E-state index is 0. The third kappa shape index (κ3) is 2.41. The number of rotatable bonds is 2. The quantitative estimate of drug-likeness (QED) is 0.237. The van der Waals surface area contributed by atoms with Crippen molar-refractivity contribution in [3.05, 3.63) is 29.8 Å². The second-order valence-electron chi connectivity index (χ2n) is 2.14. The van der Waals surface area contributed by atoms with E-state index in [9.17, 15) is 0 Å². The van der Waals surface area contributed by atoms with Crippen LogP contribution < -0.4 is 17.0 Å². The number of halogens is 1. The first-order valence-electron chi connectivity index (χ1n) is 3.15. The molecule has 0 aliphatic carbocycles. The smallest absolute Gasteiger partial charge is 0.122 e. The Labute approximate surface area is 76.8 Å². The summed E-state index contributed by atoms with van der Waals surface area (Å²) in [6.45, 7) is 0. The van der Waals surface area contributed by atoms with Gasteiger partial charge in [-0.05, 0) is 24.3 Å². The maximum absolute atomic E-state index is 7.09. The Balaban J connectivity index is 0.00000121. The number of anilines is 1. The second kappa shape index (κ2) is 4.58. The van der Waals surface area contributed by atoms with Crippen molar-refractivity contribution in [1.82, 2.24) is 0 Å². The molecule has 12 heavy (non-hydrogen) atoms. The highest BCUT2D eigenvalue weighted by Gasteiger charge is 1.93. The monoisotopic (exact) mass is 186 g/mol. The zero-order chi connectivity index (χ0) is 8.27. The fourth-order valence-electron chi connectivity index (χ4n) is 0.746. The fourth-order valence-corrected chi connectivity index (χ4v) is 0.746. The summed E-state index contributed by atoms with van der Waals surface area (Å²) in [5.74, 6) is 5.20. The Morgan fingerprint density at radius 2 is 1.75 bits per heavy atom. The molecule has 0 bridgehead atoms. The summed E-state index contributed by atoms with van der Waals surface area (Å²) in [5, 5.41) is 7.09. The number of hydrazine groups is 1. The van der Waals surface area contributed by atoms with Crippen molar-refractivity contribution < 1.29 is 0 Å². The highest BCUT2D eigenvalue weighted by Crippen LogP contribution is 2.06. The number of nitrogens with two attached hydrogens (primary N) is 2. The number of hydrogen-bond acceptors (Lipinski definition) is 3. The van der Waals surface area contributed by atoms with Gasteiger partial charge >= 0.3 is 0 Å². The molecule has 0 spiro atoms. The zero-order valence-electron chi connectivity index (χ0n) is 6.37. The molecule has 5 heteroatoms. The van der Waals surface area contributed by atoms with Gasteiger partial charge < -0.3 is 11.2 Å². The molecule has 0 aliphatic heterocycles. The van der Waals surface area contributed by atoms with Crippen LogP contribution in [0.1, 0.15) is 5.56 Å². The van der Waals surface area contributed by atoms with Crippen molar-refractivity contribution in [2.75, 3.05) is 5.43 Å². The van der Waals surface area contributed by atoms with Crippen LogP contribution in [0.5, 0.6) is 0 Å². The van der Waals surface area contributed by atoms with E-state index in [0.717, 1.165) is 5.69 Å². The average molecular weight is 187 g/mol. The van der Waals surface area contributed by atoms with E-state index in [1.54, 1.807) is 24.3 Å². The highest BCUT2D eigenvalue weighted by molar-refractivity contribution is 5.95. The van der Waals surface area contributed by atoms with Crippen LogP contribution in [0.15, 0.2) is 24.3 Å². The lowest BCUT2D eigenvalue weighted by Gasteiger charge is -2.00. The molecule has 0 aliphatic rings. The first-order chi connectivity index (χ1) is 5.24. The summed E-state index contributed by atoms with van der Waals surface area (Å²) < 4.78 is 0. The summed E-state index contributed by atoms with van der Waals surface area (Å²) in [7, 11) is 0. The van der Waals surface area contributed by atoms with Gasteiger partial charge in [0, 0.05) is 11.3 Å². The molecular weight excluding hydrogens is 176 g/mol. The fraction of sp³-hybridized carbons (Fsp3) is 0. The van der Waals surface area contributed by atoms with Crippen molar-refractivity contribution in [1.29, 1.82) is 5.41 Å². The normalized spacial score (nSPS) is 8.42. The minimum atomic E-state index is 0. The Kier molecular flexibility index (Phi) is 4.10. The van der Waals surface area contributed by atoms with E-state index < -0.39 is 0 Å². The van der Waals surface area contributed by atoms with Crippen molar-refractivity contribution in [2.24, 2.45) is 11.6 Å². The molecule has 1 aromatic rings. The van der Waals surface area contributed by atoms with E-state index in [1.165, 1.54) is 0 Å². The van der Waals surface area contributed by atoms with E-state index in [4.69, 9.17) is 17.0 Å². The van der Waals surface area contributed by atoms with Crippen LogP contribution in [0.4, 0.5) is 5.69 Å². The maximum atomic E-state index is 7.09. The first-order valence-corrected chi connectivity index (χ1v) is 3.15. The Hall–Kier alpha value is -1.26. The number of nitrogens with one attached hydrogen (secondary N) is 2. The second-order valence-corrected chi connectivity index (χ2v) is 2.14. The van der Waals surface area contributed by atoms with Gasteiger partial charge in [0.1, 0.15) is 5.84 Å². The third-order valence-electron chi connectivity index (χ3n) is 1.36. The molecule has 1 rings (SSSR count). The minimum Gasteiger partial charge on any atom is -0.384 e. The molecule has 0 heterocycles. The molecule has 0 amide bonds. The molecule has 0 unspecified atom stereocenters.